The van der Waals surface area contributed by atoms with Gasteiger partial charge in [0, 0.05) is 19.3 Å². The molecule has 1 aromatic rings. The highest BCUT2D eigenvalue weighted by Gasteiger charge is 2.41. The van der Waals surface area contributed by atoms with Gasteiger partial charge in [-0.25, -0.2) is 4.98 Å². The molecule has 0 atom stereocenters. The van der Waals surface area contributed by atoms with Crippen LogP contribution in [0.4, 0.5) is 0 Å². The van der Waals surface area contributed by atoms with Crippen molar-refractivity contribution >= 4 is 0 Å². The van der Waals surface area contributed by atoms with Crippen LogP contribution in [-0.2, 0) is 0 Å². The second-order valence-electron chi connectivity index (χ2n) is 6.55. The van der Waals surface area contributed by atoms with Crippen LogP contribution >= 0.6 is 0 Å². The topological polar surface area (TPSA) is 16.1 Å². The number of hydrogen-bond donors (Lipinski definition) is 0. The van der Waals surface area contributed by atoms with E-state index in [9.17, 15) is 0 Å². The monoisotopic (exact) mass is 242 g/mol. The number of pyridine rings is 1. The predicted octanol–water partition coefficient (Wildman–Crippen LogP) is 2.86. The first-order valence-corrected chi connectivity index (χ1v) is 6.49. The molecule has 2 nitrogen and oxygen atoms in total. The molecule has 0 spiro atoms. The lowest BCUT2D eigenvalue weighted by Gasteiger charge is -2.52. The van der Waals surface area contributed by atoms with Crippen molar-refractivity contribution in [3.8, 4) is 11.8 Å². The smallest absolute Gasteiger partial charge is 0.113 e. The number of likely N-dealkylation sites (tertiary alicyclic amines) is 1. The van der Waals surface area contributed by atoms with Gasteiger partial charge in [0.15, 0.2) is 0 Å². The largest absolute Gasteiger partial charge is 0.287 e. The SMILES string of the molecule is Cc1ccc(C#CC(C)(C)N2CC(C)(C)C2)nc1. The predicted molar refractivity (Wildman–Crippen MR) is 75.3 cm³/mol. The second-order valence-corrected chi connectivity index (χ2v) is 6.55. The normalized spacial score (nSPS) is 18.7. The molecule has 2 heterocycles. The Hall–Kier alpha value is -1.33. The summed E-state index contributed by atoms with van der Waals surface area (Å²) in [7, 11) is 0. The minimum Gasteiger partial charge on any atom is -0.287 e. The van der Waals surface area contributed by atoms with Crippen molar-refractivity contribution in [1.82, 2.24) is 9.88 Å². The third-order valence-corrected chi connectivity index (χ3v) is 3.44. The van der Waals surface area contributed by atoms with E-state index in [1.165, 1.54) is 5.56 Å². The third kappa shape index (κ3) is 2.91. The maximum Gasteiger partial charge on any atom is 0.113 e. The fourth-order valence-corrected chi connectivity index (χ4v) is 2.22. The van der Waals surface area contributed by atoms with Crippen molar-refractivity contribution in [2.75, 3.05) is 13.1 Å². The molecule has 1 fully saturated rings. The Morgan fingerprint density at radius 2 is 1.94 bits per heavy atom. The Labute approximate surface area is 110 Å². The molecule has 0 amide bonds. The van der Waals surface area contributed by atoms with Gasteiger partial charge in [-0.05, 0) is 43.7 Å². The standard InChI is InChI=1S/C16H22N2/c1-13-6-7-14(17-10-13)8-9-16(4,5)18-11-15(2,3)12-18/h6-7,10H,11-12H2,1-5H3. The van der Waals surface area contributed by atoms with Gasteiger partial charge < -0.3 is 0 Å². The van der Waals surface area contributed by atoms with Crippen LogP contribution in [-0.4, -0.2) is 28.5 Å². The number of nitrogens with zero attached hydrogens (tertiary/aromatic N) is 2. The van der Waals surface area contributed by atoms with Gasteiger partial charge in [-0.1, -0.05) is 25.8 Å². The quantitative estimate of drug-likeness (QED) is 0.704. The average molecular weight is 242 g/mol. The Bertz CT molecular complexity index is 478. The molecule has 0 N–H and O–H groups in total. The Morgan fingerprint density at radius 3 is 2.44 bits per heavy atom. The van der Waals surface area contributed by atoms with Crippen molar-refractivity contribution in [3.05, 3.63) is 29.6 Å². The summed E-state index contributed by atoms with van der Waals surface area (Å²) in [5.41, 5.74) is 2.40. The molecule has 0 aliphatic carbocycles. The molecule has 1 aromatic heterocycles. The maximum absolute atomic E-state index is 4.32. The van der Waals surface area contributed by atoms with Gasteiger partial charge in [0.2, 0.25) is 0 Å². The highest BCUT2D eigenvalue weighted by molar-refractivity contribution is 5.32. The molecule has 1 aliphatic heterocycles. The average Bonchev–Trinajstić information content (AvgIpc) is 2.25. The first-order valence-electron chi connectivity index (χ1n) is 6.49. The fraction of sp³-hybridized carbons (Fsp3) is 0.562. The van der Waals surface area contributed by atoms with E-state index in [4.69, 9.17) is 0 Å². The number of aryl methyl sites for hydroxylation is 1. The molecular weight excluding hydrogens is 220 g/mol. The van der Waals surface area contributed by atoms with Crippen LogP contribution < -0.4 is 0 Å². The van der Waals surface area contributed by atoms with Gasteiger partial charge in [0.25, 0.3) is 0 Å². The molecule has 1 saturated heterocycles. The van der Waals surface area contributed by atoms with E-state index in [1.54, 1.807) is 0 Å². The highest BCUT2D eigenvalue weighted by atomic mass is 15.3. The van der Waals surface area contributed by atoms with Crippen LogP contribution in [0.1, 0.15) is 39.0 Å². The number of hydrogen-bond acceptors (Lipinski definition) is 2. The molecule has 0 radical (unpaired) electrons. The Balaban J connectivity index is 2.07. The number of aromatic nitrogens is 1. The van der Waals surface area contributed by atoms with Crippen molar-refractivity contribution in [2.24, 2.45) is 5.41 Å². The third-order valence-electron chi connectivity index (χ3n) is 3.44. The van der Waals surface area contributed by atoms with Crippen LogP contribution in [0.2, 0.25) is 0 Å². The minimum absolute atomic E-state index is 0.0674. The van der Waals surface area contributed by atoms with Crippen LogP contribution in [0.15, 0.2) is 18.3 Å². The summed E-state index contributed by atoms with van der Waals surface area (Å²) in [6.07, 6.45) is 1.86. The molecule has 0 saturated carbocycles. The highest BCUT2D eigenvalue weighted by Crippen LogP contribution is 2.34. The van der Waals surface area contributed by atoms with Gasteiger partial charge in [-0.2, -0.15) is 0 Å². The van der Waals surface area contributed by atoms with Crippen LogP contribution in [0.5, 0.6) is 0 Å². The maximum atomic E-state index is 4.32. The lowest BCUT2D eigenvalue weighted by atomic mass is 9.80. The zero-order valence-electron chi connectivity index (χ0n) is 12.0. The molecule has 0 unspecified atom stereocenters. The lowest BCUT2D eigenvalue weighted by molar-refractivity contribution is -0.0205. The van der Waals surface area contributed by atoms with E-state index in [0.29, 0.717) is 5.41 Å². The molecule has 1 aliphatic rings. The summed E-state index contributed by atoms with van der Waals surface area (Å²) in [5, 5.41) is 0. The van der Waals surface area contributed by atoms with Crippen molar-refractivity contribution in [1.29, 1.82) is 0 Å². The van der Waals surface area contributed by atoms with Crippen molar-refractivity contribution in [3.63, 3.8) is 0 Å². The van der Waals surface area contributed by atoms with E-state index in [0.717, 1.165) is 18.8 Å². The zero-order chi connectivity index (χ0) is 13.4. The molecule has 18 heavy (non-hydrogen) atoms. The molecule has 0 bridgehead atoms. The van der Waals surface area contributed by atoms with Gasteiger partial charge in [-0.15, -0.1) is 0 Å². The van der Waals surface area contributed by atoms with Gasteiger partial charge >= 0.3 is 0 Å². The molecule has 0 aromatic carbocycles. The van der Waals surface area contributed by atoms with Crippen LogP contribution in [0.3, 0.4) is 0 Å². The van der Waals surface area contributed by atoms with Gasteiger partial charge in [0.05, 0.1) is 5.54 Å². The van der Waals surface area contributed by atoms with Gasteiger partial charge in [0.1, 0.15) is 5.69 Å². The van der Waals surface area contributed by atoms with E-state index in [1.807, 2.05) is 19.2 Å². The summed E-state index contributed by atoms with van der Waals surface area (Å²) in [4.78, 5) is 6.75. The van der Waals surface area contributed by atoms with E-state index in [-0.39, 0.29) is 5.54 Å². The first-order chi connectivity index (χ1) is 8.28. The first kappa shape index (κ1) is 13.1. The molecular formula is C16H22N2. The summed E-state index contributed by atoms with van der Waals surface area (Å²) in [6, 6.07) is 4.04. The summed E-state index contributed by atoms with van der Waals surface area (Å²) < 4.78 is 0. The molecule has 96 valence electrons. The van der Waals surface area contributed by atoms with E-state index < -0.39 is 0 Å². The molecule has 2 heteroatoms. The van der Waals surface area contributed by atoms with E-state index in [2.05, 4.69) is 55.5 Å². The summed E-state index contributed by atoms with van der Waals surface area (Å²) in [5.74, 6) is 6.53. The minimum atomic E-state index is -0.0674. The zero-order valence-corrected chi connectivity index (χ0v) is 12.0. The summed E-state index contributed by atoms with van der Waals surface area (Å²) >= 11 is 0. The Kier molecular flexibility index (Phi) is 3.21. The molecule has 2 rings (SSSR count). The number of rotatable bonds is 1. The van der Waals surface area contributed by atoms with E-state index >= 15 is 0 Å². The van der Waals surface area contributed by atoms with Crippen LogP contribution in [0, 0.1) is 24.2 Å². The van der Waals surface area contributed by atoms with Crippen molar-refractivity contribution < 1.29 is 0 Å². The van der Waals surface area contributed by atoms with Gasteiger partial charge in [-0.3, -0.25) is 4.90 Å². The van der Waals surface area contributed by atoms with Crippen molar-refractivity contribution in [2.45, 2.75) is 40.2 Å². The summed E-state index contributed by atoms with van der Waals surface area (Å²) in [6.45, 7) is 13.2. The Morgan fingerprint density at radius 1 is 1.28 bits per heavy atom. The second kappa shape index (κ2) is 4.40. The van der Waals surface area contributed by atoms with Crippen LogP contribution in [0.25, 0.3) is 0 Å². The lowest BCUT2D eigenvalue weighted by Crippen LogP contribution is -2.60. The fourth-order valence-electron chi connectivity index (χ4n) is 2.22.